The van der Waals surface area contributed by atoms with Gasteiger partial charge in [-0.05, 0) is 24.3 Å². The number of methoxy groups -OCH3 is 1. The van der Waals surface area contributed by atoms with Crippen molar-refractivity contribution in [2.45, 2.75) is 0 Å². The van der Waals surface area contributed by atoms with Crippen LogP contribution in [0.4, 0.5) is 0 Å². The fourth-order valence-electron chi connectivity index (χ4n) is 3.31. The van der Waals surface area contributed by atoms with Crippen molar-refractivity contribution in [3.05, 3.63) is 83.2 Å². The number of ether oxygens (including phenoxy) is 4. The van der Waals surface area contributed by atoms with Gasteiger partial charge in [-0.25, -0.2) is 15.8 Å². The number of pyridine rings is 1. The van der Waals surface area contributed by atoms with Crippen molar-refractivity contribution >= 4 is 24.2 Å². The lowest BCUT2D eigenvalue weighted by molar-refractivity contribution is 0.0749. The molecule has 1 aliphatic heterocycles. The molecular weight excluding hydrogens is 522 g/mol. The van der Waals surface area contributed by atoms with E-state index < -0.39 is 11.8 Å². The van der Waals surface area contributed by atoms with E-state index in [-0.39, 0.29) is 31.9 Å². The van der Waals surface area contributed by atoms with E-state index in [2.05, 4.69) is 26.0 Å². The molecule has 3 aromatic rings. The van der Waals surface area contributed by atoms with Crippen molar-refractivity contribution in [1.29, 1.82) is 0 Å². The highest BCUT2D eigenvalue weighted by Crippen LogP contribution is 2.19. The van der Waals surface area contributed by atoms with Crippen LogP contribution in [-0.2, 0) is 4.74 Å². The number of carbonyl (C=O) groups excluding carboxylic acids is 2. The van der Waals surface area contributed by atoms with E-state index in [1.54, 1.807) is 60.7 Å². The largest absolute Gasteiger partial charge is 0.497 e. The molecule has 0 saturated carbocycles. The maximum absolute atomic E-state index is 12.7. The van der Waals surface area contributed by atoms with Gasteiger partial charge in [0.05, 0.1) is 55.3 Å². The third-order valence-electron chi connectivity index (χ3n) is 5.03. The van der Waals surface area contributed by atoms with E-state index >= 15 is 0 Å². The van der Waals surface area contributed by atoms with E-state index in [1.165, 1.54) is 19.5 Å². The molecule has 1 aromatic heterocycles. The number of aliphatic hydroxyl groups excluding tert-OH is 1. The molecule has 4 rings (SSSR count). The first-order valence-electron chi connectivity index (χ1n) is 11.8. The van der Waals surface area contributed by atoms with Crippen LogP contribution in [0.25, 0.3) is 0 Å². The van der Waals surface area contributed by atoms with Crippen molar-refractivity contribution in [3.63, 3.8) is 0 Å². The van der Waals surface area contributed by atoms with Crippen molar-refractivity contribution in [2.24, 2.45) is 10.2 Å². The molecule has 0 unspecified atom stereocenters. The number of para-hydroxylation sites is 2. The highest BCUT2D eigenvalue weighted by molar-refractivity contribution is 5.98. The minimum Gasteiger partial charge on any atom is -0.497 e. The molecule has 1 aliphatic rings. The zero-order chi connectivity index (χ0) is 27.9. The molecular formula is C27H31N5O8. The van der Waals surface area contributed by atoms with Gasteiger partial charge in [-0.1, -0.05) is 24.3 Å². The first-order chi connectivity index (χ1) is 19.1. The van der Waals surface area contributed by atoms with Gasteiger partial charge in [-0.3, -0.25) is 9.59 Å². The first-order valence-corrected chi connectivity index (χ1v) is 11.8. The number of fused-ring (bicyclic) bond motifs is 4. The summed E-state index contributed by atoms with van der Waals surface area (Å²) in [6.07, 6.45) is 2.74. The van der Waals surface area contributed by atoms with Crippen LogP contribution in [0.5, 0.6) is 17.2 Å². The second-order valence-corrected chi connectivity index (χ2v) is 7.56. The van der Waals surface area contributed by atoms with E-state index in [4.69, 9.17) is 24.1 Å². The second-order valence-electron chi connectivity index (χ2n) is 7.56. The average Bonchev–Trinajstić information content (AvgIpc) is 2.97. The van der Waals surface area contributed by atoms with E-state index in [0.717, 1.165) is 7.11 Å². The summed E-state index contributed by atoms with van der Waals surface area (Å²) < 4.78 is 22.3. The Morgan fingerprint density at radius 3 is 1.65 bits per heavy atom. The summed E-state index contributed by atoms with van der Waals surface area (Å²) in [5.41, 5.74) is 6.38. The fourth-order valence-corrected chi connectivity index (χ4v) is 3.31. The number of nitrogens with zero attached hydrogens (tertiary/aromatic N) is 3. The second kappa shape index (κ2) is 16.9. The first kappa shape index (κ1) is 31.4. The van der Waals surface area contributed by atoms with Crippen molar-refractivity contribution in [2.75, 3.05) is 40.6 Å². The molecule has 0 aliphatic carbocycles. The number of hydrogen-bond donors (Lipinski definition) is 3. The smallest absolute Gasteiger partial charge is 0.275 e. The van der Waals surface area contributed by atoms with Crippen LogP contribution in [0.15, 0.2) is 70.9 Å². The number of benzene rings is 2. The van der Waals surface area contributed by atoms with Gasteiger partial charge in [0, 0.05) is 19.2 Å². The van der Waals surface area contributed by atoms with Crippen LogP contribution in [0.1, 0.15) is 32.1 Å². The van der Waals surface area contributed by atoms with Crippen LogP contribution >= 0.6 is 0 Å². The molecule has 0 spiro atoms. The highest BCUT2D eigenvalue weighted by atomic mass is 16.5. The number of amides is 2. The lowest BCUT2D eigenvalue weighted by Gasteiger charge is -2.12. The number of hydrazone groups is 2. The van der Waals surface area contributed by atoms with Crippen molar-refractivity contribution in [1.82, 2.24) is 15.8 Å². The quantitative estimate of drug-likeness (QED) is 0.401. The fraction of sp³-hybridized carbons (Fsp3) is 0.222. The molecule has 0 atom stereocenters. The molecule has 5 N–H and O–H groups in total. The van der Waals surface area contributed by atoms with Crippen LogP contribution < -0.4 is 25.1 Å². The Bertz CT molecular complexity index is 1220. The maximum Gasteiger partial charge on any atom is 0.275 e. The molecule has 212 valence electrons. The van der Waals surface area contributed by atoms with Crippen LogP contribution in [0, 0.1) is 0 Å². The summed E-state index contributed by atoms with van der Waals surface area (Å²) in [4.78, 5) is 29.7. The van der Waals surface area contributed by atoms with Crippen LogP contribution in [0.2, 0.25) is 0 Å². The standard InChI is InChI=1S/C26H25N5O6.CH4O.H2O/c1-34-20-14-18-16-27-30-25(32)21-6-2-4-8-23(21)36-12-10-35-11-13-37-24-9-5-3-7-22(24)26(33)31-28-17-19(15-20)29-18;1-2;/h2-9,14-17H,10-13H2,1H3,(H,30,32)(H,31,33);2H,1H3;1H2/b27-16-,28-17+;;. The molecule has 0 fully saturated rings. The van der Waals surface area contributed by atoms with E-state index in [9.17, 15) is 9.59 Å². The van der Waals surface area contributed by atoms with E-state index in [0.29, 0.717) is 39.8 Å². The van der Waals surface area contributed by atoms with Crippen LogP contribution in [-0.4, -0.2) is 80.5 Å². The number of carbonyl (C=O) groups is 2. The number of aromatic nitrogens is 1. The minimum absolute atomic E-state index is 0. The molecule has 0 saturated heterocycles. The predicted octanol–water partition coefficient (Wildman–Crippen LogP) is 1.19. The zero-order valence-electron chi connectivity index (χ0n) is 22.0. The summed E-state index contributed by atoms with van der Waals surface area (Å²) >= 11 is 0. The summed E-state index contributed by atoms with van der Waals surface area (Å²) in [5.74, 6) is 0.388. The molecule has 2 heterocycles. The Morgan fingerprint density at radius 1 is 0.750 bits per heavy atom. The summed E-state index contributed by atoms with van der Waals surface area (Å²) in [5, 5.41) is 15.0. The summed E-state index contributed by atoms with van der Waals surface area (Å²) in [6, 6.07) is 16.9. The monoisotopic (exact) mass is 553 g/mol. The van der Waals surface area contributed by atoms with Gasteiger partial charge in [-0.2, -0.15) is 10.2 Å². The van der Waals surface area contributed by atoms with Gasteiger partial charge in [0.2, 0.25) is 0 Å². The third kappa shape index (κ3) is 9.16. The Hall–Kier alpha value is -4.85. The van der Waals surface area contributed by atoms with Crippen molar-refractivity contribution in [3.8, 4) is 17.2 Å². The number of nitrogens with one attached hydrogen (secondary N) is 2. The average molecular weight is 554 g/mol. The molecule has 40 heavy (non-hydrogen) atoms. The Kier molecular flexibility index (Phi) is 13.2. The number of aliphatic hydroxyl groups is 1. The van der Waals surface area contributed by atoms with Gasteiger partial charge in [0.15, 0.2) is 0 Å². The summed E-state index contributed by atoms with van der Waals surface area (Å²) in [6.45, 7) is 0.998. The van der Waals surface area contributed by atoms with Gasteiger partial charge in [0.25, 0.3) is 11.8 Å². The minimum atomic E-state index is -0.450. The Labute approximate surface area is 230 Å². The van der Waals surface area contributed by atoms with E-state index in [1.807, 2.05) is 0 Å². The predicted molar refractivity (Wildman–Crippen MR) is 147 cm³/mol. The maximum atomic E-state index is 12.7. The Balaban J connectivity index is 0.00000183. The summed E-state index contributed by atoms with van der Waals surface area (Å²) in [7, 11) is 2.51. The molecule has 13 nitrogen and oxygen atoms in total. The molecule has 13 heteroatoms. The molecule has 2 aromatic carbocycles. The molecule has 2 amide bonds. The molecule has 0 radical (unpaired) electrons. The Morgan fingerprint density at radius 2 is 1.20 bits per heavy atom. The van der Waals surface area contributed by atoms with Gasteiger partial charge >= 0.3 is 0 Å². The SMILES string of the molecule is CO.COc1cc2nc(c1)/C=N/NC(=O)c1ccccc1OCCOCCOc1ccccc1C(=O)N/N=C\2.O. The lowest BCUT2D eigenvalue weighted by Crippen LogP contribution is -2.20. The number of hydrogen-bond acceptors (Lipinski definition) is 10. The lowest BCUT2D eigenvalue weighted by atomic mass is 10.2. The van der Waals surface area contributed by atoms with Gasteiger partial charge in [0.1, 0.15) is 30.5 Å². The molecule has 2 bridgehead atoms. The normalized spacial score (nSPS) is 15.5. The van der Waals surface area contributed by atoms with Crippen LogP contribution in [0.3, 0.4) is 0 Å². The third-order valence-corrected chi connectivity index (χ3v) is 5.03. The topological polar surface area (TPSA) is 184 Å². The number of rotatable bonds is 1. The van der Waals surface area contributed by atoms with Gasteiger partial charge in [-0.15, -0.1) is 0 Å². The highest BCUT2D eigenvalue weighted by Gasteiger charge is 2.13. The van der Waals surface area contributed by atoms with Crippen molar-refractivity contribution < 1.29 is 39.1 Å². The zero-order valence-corrected chi connectivity index (χ0v) is 22.0. The van der Waals surface area contributed by atoms with Gasteiger partial charge < -0.3 is 29.5 Å².